The first-order chi connectivity index (χ1) is 12.1. The third-order valence-electron chi connectivity index (χ3n) is 4.68. The number of hydrogen-bond acceptors (Lipinski definition) is 3. The lowest BCUT2D eigenvalue weighted by atomic mass is 9.99. The quantitative estimate of drug-likeness (QED) is 0.814. The van der Waals surface area contributed by atoms with E-state index in [0.717, 1.165) is 44.7 Å². The zero-order chi connectivity index (χ0) is 17.6. The molecule has 0 radical (unpaired) electrons. The van der Waals surface area contributed by atoms with Crippen LogP contribution in [0.5, 0.6) is 0 Å². The van der Waals surface area contributed by atoms with Gasteiger partial charge in [0.15, 0.2) is 0 Å². The van der Waals surface area contributed by atoms with Crippen molar-refractivity contribution in [2.75, 3.05) is 26.2 Å². The molecule has 1 aliphatic rings. The number of carbonyl (C=O) groups excluding carboxylic acids is 1. The molecular formula is C20H28N4O. The summed E-state index contributed by atoms with van der Waals surface area (Å²) in [5, 5.41) is 4.18. The highest BCUT2D eigenvalue weighted by Crippen LogP contribution is 2.28. The monoisotopic (exact) mass is 340 g/mol. The van der Waals surface area contributed by atoms with Crippen LogP contribution in [-0.4, -0.2) is 47.0 Å². The fourth-order valence-electron chi connectivity index (χ4n) is 3.25. The average Bonchev–Trinajstić information content (AvgIpc) is 3.05. The van der Waals surface area contributed by atoms with Crippen molar-refractivity contribution in [3.05, 3.63) is 36.2 Å². The second-order valence-electron chi connectivity index (χ2n) is 7.18. The lowest BCUT2D eigenvalue weighted by Crippen LogP contribution is -2.31. The Hall–Kier alpha value is -2.14. The van der Waals surface area contributed by atoms with Gasteiger partial charge in [-0.2, -0.15) is 0 Å². The fourth-order valence-corrected chi connectivity index (χ4v) is 3.25. The fraction of sp³-hybridized carbons (Fsp3) is 0.500. The van der Waals surface area contributed by atoms with Crippen LogP contribution in [0.4, 0.5) is 0 Å². The van der Waals surface area contributed by atoms with Crippen molar-refractivity contribution in [1.82, 2.24) is 20.2 Å². The summed E-state index contributed by atoms with van der Waals surface area (Å²) in [5.74, 6) is 0.683. The first-order valence-electron chi connectivity index (χ1n) is 9.24. The summed E-state index contributed by atoms with van der Waals surface area (Å²) < 4.78 is 0. The van der Waals surface area contributed by atoms with Crippen molar-refractivity contribution in [2.45, 2.75) is 33.1 Å². The smallest absolute Gasteiger partial charge is 0.220 e. The van der Waals surface area contributed by atoms with E-state index in [1.165, 1.54) is 16.5 Å². The van der Waals surface area contributed by atoms with Gasteiger partial charge in [-0.25, -0.2) is 4.98 Å². The molecule has 25 heavy (non-hydrogen) atoms. The van der Waals surface area contributed by atoms with Gasteiger partial charge in [0.1, 0.15) is 5.65 Å². The van der Waals surface area contributed by atoms with Crippen LogP contribution in [0.2, 0.25) is 0 Å². The van der Waals surface area contributed by atoms with Crippen LogP contribution in [-0.2, 0) is 4.79 Å². The summed E-state index contributed by atoms with van der Waals surface area (Å²) in [6.07, 6.45) is 8.78. The maximum atomic E-state index is 11.8. The molecule has 3 rings (SSSR count). The standard InChI is InChI=1S/C20H28N4O/c1-15(2)13-22-19(25)6-4-10-24-11-7-16(8-12-24)18-14-23-20-17(18)5-3-9-21-20/h3,5,7,9,14-15H,4,6,8,10-13H2,1-2H3,(H,21,23)(H,22,25). The molecular weight excluding hydrogens is 312 g/mol. The van der Waals surface area contributed by atoms with Gasteiger partial charge in [-0.15, -0.1) is 0 Å². The number of rotatable bonds is 7. The van der Waals surface area contributed by atoms with E-state index in [-0.39, 0.29) is 5.91 Å². The number of carbonyl (C=O) groups is 1. The number of hydrogen-bond donors (Lipinski definition) is 2. The highest BCUT2D eigenvalue weighted by atomic mass is 16.1. The normalized spacial score (nSPS) is 15.6. The van der Waals surface area contributed by atoms with Gasteiger partial charge in [0, 0.05) is 49.4 Å². The molecule has 5 nitrogen and oxygen atoms in total. The second-order valence-corrected chi connectivity index (χ2v) is 7.18. The Kier molecular flexibility index (Phi) is 5.87. The van der Waals surface area contributed by atoms with Crippen LogP contribution < -0.4 is 5.32 Å². The van der Waals surface area contributed by atoms with Gasteiger partial charge in [-0.3, -0.25) is 9.69 Å². The maximum absolute atomic E-state index is 11.8. The van der Waals surface area contributed by atoms with Crippen molar-refractivity contribution in [1.29, 1.82) is 0 Å². The molecule has 0 unspecified atom stereocenters. The summed E-state index contributed by atoms with van der Waals surface area (Å²) in [6.45, 7) is 7.98. The lowest BCUT2D eigenvalue weighted by molar-refractivity contribution is -0.121. The molecule has 0 bridgehead atoms. The van der Waals surface area contributed by atoms with E-state index in [2.05, 4.69) is 52.4 Å². The zero-order valence-electron chi connectivity index (χ0n) is 15.2. The van der Waals surface area contributed by atoms with Crippen molar-refractivity contribution in [3.63, 3.8) is 0 Å². The number of H-pyrrole nitrogens is 1. The Labute approximate surface area is 149 Å². The minimum Gasteiger partial charge on any atom is -0.356 e. The molecule has 0 aromatic carbocycles. The number of aromatic amines is 1. The minimum atomic E-state index is 0.174. The van der Waals surface area contributed by atoms with E-state index in [1.807, 2.05) is 12.3 Å². The number of amides is 1. The summed E-state index contributed by atoms with van der Waals surface area (Å²) >= 11 is 0. The molecule has 1 aliphatic heterocycles. The van der Waals surface area contributed by atoms with Crippen LogP contribution in [0, 0.1) is 5.92 Å². The molecule has 2 aromatic heterocycles. The lowest BCUT2D eigenvalue weighted by Gasteiger charge is -2.26. The van der Waals surface area contributed by atoms with Gasteiger partial charge in [0.2, 0.25) is 5.91 Å². The van der Waals surface area contributed by atoms with Crippen molar-refractivity contribution < 1.29 is 4.79 Å². The maximum Gasteiger partial charge on any atom is 0.220 e. The Morgan fingerprint density at radius 1 is 1.44 bits per heavy atom. The first kappa shape index (κ1) is 17.7. The van der Waals surface area contributed by atoms with E-state index >= 15 is 0 Å². The third kappa shape index (κ3) is 4.69. The molecule has 1 amide bonds. The first-order valence-corrected chi connectivity index (χ1v) is 9.24. The molecule has 134 valence electrons. The van der Waals surface area contributed by atoms with Crippen LogP contribution in [0.25, 0.3) is 16.6 Å². The summed E-state index contributed by atoms with van der Waals surface area (Å²) in [5.41, 5.74) is 3.62. The summed E-state index contributed by atoms with van der Waals surface area (Å²) in [4.78, 5) is 21.8. The van der Waals surface area contributed by atoms with E-state index in [1.54, 1.807) is 0 Å². The summed E-state index contributed by atoms with van der Waals surface area (Å²) in [7, 11) is 0. The molecule has 0 spiro atoms. The van der Waals surface area contributed by atoms with Crippen LogP contribution >= 0.6 is 0 Å². The molecule has 0 aliphatic carbocycles. The van der Waals surface area contributed by atoms with Crippen molar-refractivity contribution in [2.24, 2.45) is 5.92 Å². The van der Waals surface area contributed by atoms with Gasteiger partial charge in [0.05, 0.1) is 0 Å². The topological polar surface area (TPSA) is 61.0 Å². The number of nitrogens with one attached hydrogen (secondary N) is 2. The van der Waals surface area contributed by atoms with Crippen LogP contribution in [0.15, 0.2) is 30.6 Å². The average molecular weight is 340 g/mol. The molecule has 3 heterocycles. The second kappa shape index (κ2) is 8.30. The number of pyridine rings is 1. The number of aromatic nitrogens is 2. The Balaban J connectivity index is 1.47. The molecule has 0 saturated heterocycles. The van der Waals surface area contributed by atoms with Gasteiger partial charge < -0.3 is 10.3 Å². The highest BCUT2D eigenvalue weighted by Gasteiger charge is 2.16. The molecule has 5 heteroatoms. The SMILES string of the molecule is CC(C)CNC(=O)CCCN1CC=C(c2c[nH]c3ncccc23)CC1. The van der Waals surface area contributed by atoms with E-state index in [4.69, 9.17) is 0 Å². The third-order valence-corrected chi connectivity index (χ3v) is 4.68. The molecule has 0 saturated carbocycles. The summed E-state index contributed by atoms with van der Waals surface area (Å²) in [6, 6.07) is 4.11. The highest BCUT2D eigenvalue weighted by molar-refractivity contribution is 5.90. The Morgan fingerprint density at radius 3 is 3.08 bits per heavy atom. The Bertz CT molecular complexity index is 747. The van der Waals surface area contributed by atoms with Crippen LogP contribution in [0.3, 0.4) is 0 Å². The predicted octanol–water partition coefficient (Wildman–Crippen LogP) is 3.20. The number of nitrogens with zero attached hydrogens (tertiary/aromatic N) is 2. The molecule has 0 atom stereocenters. The van der Waals surface area contributed by atoms with Gasteiger partial charge >= 0.3 is 0 Å². The van der Waals surface area contributed by atoms with Gasteiger partial charge in [-0.1, -0.05) is 19.9 Å². The van der Waals surface area contributed by atoms with E-state index in [0.29, 0.717) is 12.3 Å². The van der Waals surface area contributed by atoms with Crippen LogP contribution in [0.1, 0.15) is 38.7 Å². The number of fused-ring (bicyclic) bond motifs is 1. The van der Waals surface area contributed by atoms with Crippen molar-refractivity contribution in [3.8, 4) is 0 Å². The van der Waals surface area contributed by atoms with E-state index < -0.39 is 0 Å². The van der Waals surface area contributed by atoms with E-state index in [9.17, 15) is 4.79 Å². The minimum absolute atomic E-state index is 0.174. The largest absolute Gasteiger partial charge is 0.356 e. The molecule has 0 fully saturated rings. The Morgan fingerprint density at radius 2 is 2.32 bits per heavy atom. The van der Waals surface area contributed by atoms with Crippen molar-refractivity contribution >= 4 is 22.5 Å². The zero-order valence-corrected chi connectivity index (χ0v) is 15.2. The van der Waals surface area contributed by atoms with Gasteiger partial charge in [-0.05, 0) is 43.0 Å². The predicted molar refractivity (Wildman–Crippen MR) is 102 cm³/mol. The molecule has 2 aromatic rings. The molecule has 2 N–H and O–H groups in total. The van der Waals surface area contributed by atoms with Gasteiger partial charge in [0.25, 0.3) is 0 Å².